The first-order valence-electron chi connectivity index (χ1n) is 7.79. The molecule has 0 aromatic carbocycles. The summed E-state index contributed by atoms with van der Waals surface area (Å²) < 4.78 is 8.50. The van der Waals surface area contributed by atoms with E-state index < -0.39 is 5.60 Å². The molecule has 1 aliphatic carbocycles. The van der Waals surface area contributed by atoms with Crippen LogP contribution in [0.4, 0.5) is 4.79 Å². The van der Waals surface area contributed by atoms with E-state index in [-0.39, 0.29) is 6.09 Å². The van der Waals surface area contributed by atoms with E-state index in [9.17, 15) is 4.79 Å². The monoisotopic (exact) mass is 369 g/mol. The van der Waals surface area contributed by atoms with E-state index in [0.29, 0.717) is 11.5 Å². The molecule has 2 heterocycles. The maximum atomic E-state index is 12.0. The highest BCUT2D eigenvalue weighted by Crippen LogP contribution is 2.54. The van der Waals surface area contributed by atoms with Gasteiger partial charge in [0.25, 0.3) is 0 Å². The van der Waals surface area contributed by atoms with Crippen LogP contribution in [-0.4, -0.2) is 39.5 Å². The predicted molar refractivity (Wildman–Crippen MR) is 87.9 cm³/mol. The molecule has 0 radical (unpaired) electrons. The second-order valence-electron chi connectivity index (χ2n) is 7.84. The van der Waals surface area contributed by atoms with Gasteiger partial charge in [-0.2, -0.15) is 5.10 Å². The lowest BCUT2D eigenvalue weighted by molar-refractivity contribution is -0.0931. The van der Waals surface area contributed by atoms with Crippen LogP contribution in [0.3, 0.4) is 0 Å². The maximum absolute atomic E-state index is 12.0. The molecule has 1 aliphatic heterocycles. The van der Waals surface area contributed by atoms with E-state index >= 15 is 0 Å². The zero-order valence-corrected chi connectivity index (χ0v) is 15.5. The van der Waals surface area contributed by atoms with Gasteiger partial charge in [-0.15, -0.1) is 0 Å². The highest BCUT2D eigenvalue weighted by atomic mass is 79.9. The molecule has 1 saturated carbocycles. The maximum Gasteiger partial charge on any atom is 0.410 e. The van der Waals surface area contributed by atoms with Crippen molar-refractivity contribution in [3.05, 3.63) is 15.9 Å². The number of amides is 1. The van der Waals surface area contributed by atoms with Gasteiger partial charge in [-0.05, 0) is 63.4 Å². The van der Waals surface area contributed by atoms with Crippen LogP contribution in [0, 0.1) is 19.3 Å². The van der Waals surface area contributed by atoms with Gasteiger partial charge in [-0.1, -0.05) is 0 Å². The lowest BCUT2D eigenvalue weighted by Gasteiger charge is -2.58. The van der Waals surface area contributed by atoms with Crippen LogP contribution < -0.4 is 0 Å². The molecule has 6 heteroatoms. The molecule has 2 aliphatic rings. The lowest BCUT2D eigenvalue weighted by atomic mass is 9.61. The number of likely N-dealkylation sites (tertiary alicyclic amines) is 1. The van der Waals surface area contributed by atoms with Crippen molar-refractivity contribution in [2.45, 2.75) is 59.1 Å². The van der Waals surface area contributed by atoms with Crippen molar-refractivity contribution in [3.8, 4) is 0 Å². The summed E-state index contributed by atoms with van der Waals surface area (Å²) in [4.78, 5) is 13.8. The quantitative estimate of drug-likeness (QED) is 0.755. The molecular formula is C16H24BrN3O2. The summed E-state index contributed by atoms with van der Waals surface area (Å²) in [6, 6.07) is 0.464. The van der Waals surface area contributed by atoms with Crippen molar-refractivity contribution in [2.24, 2.45) is 5.41 Å². The average molecular weight is 370 g/mol. The topological polar surface area (TPSA) is 47.4 Å². The third kappa shape index (κ3) is 2.66. The summed E-state index contributed by atoms with van der Waals surface area (Å²) in [6.07, 6.45) is 2.01. The van der Waals surface area contributed by atoms with Crippen LogP contribution >= 0.6 is 15.9 Å². The number of hydrogen-bond acceptors (Lipinski definition) is 3. The number of nitrogens with zero attached hydrogens (tertiary/aromatic N) is 3. The molecule has 0 bridgehead atoms. The summed E-state index contributed by atoms with van der Waals surface area (Å²) in [6.45, 7) is 11.6. The van der Waals surface area contributed by atoms with Crippen LogP contribution in [0.1, 0.15) is 50.9 Å². The van der Waals surface area contributed by atoms with Crippen LogP contribution in [0.15, 0.2) is 4.60 Å². The molecule has 3 rings (SSSR count). The first-order chi connectivity index (χ1) is 10.1. The Hall–Kier alpha value is -1.04. The third-order valence-electron chi connectivity index (χ3n) is 4.78. The summed E-state index contributed by atoms with van der Waals surface area (Å²) >= 11 is 3.50. The number of carbonyl (C=O) groups excluding carboxylic acids is 1. The Labute approximate surface area is 140 Å². The SMILES string of the molecule is Cc1c(Br)nn(C2CC3(C2)CN(C(=O)OC(C)(C)C)C3)c1C. The second-order valence-corrected chi connectivity index (χ2v) is 8.60. The number of ether oxygens (including phenoxy) is 1. The van der Waals surface area contributed by atoms with Gasteiger partial charge < -0.3 is 9.64 Å². The zero-order valence-electron chi connectivity index (χ0n) is 13.9. The molecule has 2 fully saturated rings. The second kappa shape index (κ2) is 4.98. The Morgan fingerprint density at radius 1 is 1.32 bits per heavy atom. The molecule has 0 N–H and O–H groups in total. The molecule has 22 heavy (non-hydrogen) atoms. The van der Waals surface area contributed by atoms with Crippen molar-refractivity contribution < 1.29 is 9.53 Å². The number of carbonyl (C=O) groups is 1. The standard InChI is InChI=1S/C16H24BrN3O2/c1-10-11(2)20(18-13(10)17)12-6-16(7-12)8-19(9-16)14(21)22-15(3,4)5/h12H,6-9H2,1-5H3. The summed E-state index contributed by atoms with van der Waals surface area (Å²) in [7, 11) is 0. The van der Waals surface area contributed by atoms with Crippen molar-refractivity contribution in [3.63, 3.8) is 0 Å². The van der Waals surface area contributed by atoms with Crippen molar-refractivity contribution >= 4 is 22.0 Å². The number of halogens is 1. The molecule has 1 amide bonds. The molecular weight excluding hydrogens is 346 g/mol. The molecule has 5 nitrogen and oxygen atoms in total. The van der Waals surface area contributed by atoms with Gasteiger partial charge in [0.1, 0.15) is 10.2 Å². The minimum atomic E-state index is -0.419. The molecule has 1 aromatic rings. The fraction of sp³-hybridized carbons (Fsp3) is 0.750. The van der Waals surface area contributed by atoms with E-state index in [0.717, 1.165) is 30.5 Å². The van der Waals surface area contributed by atoms with E-state index in [4.69, 9.17) is 4.74 Å². The predicted octanol–water partition coefficient (Wildman–Crippen LogP) is 3.83. The number of rotatable bonds is 1. The molecule has 1 saturated heterocycles. The Morgan fingerprint density at radius 3 is 2.36 bits per heavy atom. The normalized spacial score (nSPS) is 20.7. The number of hydrogen-bond donors (Lipinski definition) is 0. The van der Waals surface area contributed by atoms with Gasteiger partial charge in [-0.25, -0.2) is 4.79 Å². The van der Waals surface area contributed by atoms with Gasteiger partial charge in [0.2, 0.25) is 0 Å². The smallest absolute Gasteiger partial charge is 0.410 e. The molecule has 1 aromatic heterocycles. The van der Waals surface area contributed by atoms with Gasteiger partial charge in [0.05, 0.1) is 6.04 Å². The van der Waals surface area contributed by atoms with Gasteiger partial charge in [0.15, 0.2) is 0 Å². The van der Waals surface area contributed by atoms with Crippen molar-refractivity contribution in [1.82, 2.24) is 14.7 Å². The Balaban J connectivity index is 1.55. The first kappa shape index (κ1) is 15.8. The Morgan fingerprint density at radius 2 is 1.91 bits per heavy atom. The van der Waals surface area contributed by atoms with E-state index in [1.54, 1.807) is 0 Å². The van der Waals surface area contributed by atoms with Crippen LogP contribution in [0.5, 0.6) is 0 Å². The summed E-state index contributed by atoms with van der Waals surface area (Å²) in [5.41, 5.74) is 2.32. The van der Waals surface area contributed by atoms with Crippen LogP contribution in [-0.2, 0) is 4.74 Å². The van der Waals surface area contributed by atoms with Crippen molar-refractivity contribution in [2.75, 3.05) is 13.1 Å². The molecule has 1 spiro atoms. The highest BCUT2D eigenvalue weighted by molar-refractivity contribution is 9.10. The van der Waals surface area contributed by atoms with Gasteiger partial charge >= 0.3 is 6.09 Å². The van der Waals surface area contributed by atoms with Gasteiger partial charge in [-0.3, -0.25) is 4.68 Å². The van der Waals surface area contributed by atoms with E-state index in [1.807, 2.05) is 25.7 Å². The molecule has 0 unspecified atom stereocenters. The minimum Gasteiger partial charge on any atom is -0.444 e. The molecule has 122 valence electrons. The Kier molecular flexibility index (Phi) is 3.59. The summed E-state index contributed by atoms with van der Waals surface area (Å²) in [5.74, 6) is 0. The first-order valence-corrected chi connectivity index (χ1v) is 8.59. The molecule has 0 atom stereocenters. The average Bonchev–Trinajstić information content (AvgIpc) is 2.51. The minimum absolute atomic E-state index is 0.185. The van der Waals surface area contributed by atoms with Gasteiger partial charge in [0, 0.05) is 29.8 Å². The zero-order chi connectivity index (χ0) is 16.3. The fourth-order valence-corrected chi connectivity index (χ4v) is 3.97. The third-order valence-corrected chi connectivity index (χ3v) is 5.53. The summed E-state index contributed by atoms with van der Waals surface area (Å²) in [5, 5.41) is 4.59. The number of aromatic nitrogens is 2. The highest BCUT2D eigenvalue weighted by Gasteiger charge is 2.55. The van der Waals surface area contributed by atoms with E-state index in [2.05, 4.69) is 39.6 Å². The van der Waals surface area contributed by atoms with Crippen LogP contribution in [0.25, 0.3) is 0 Å². The van der Waals surface area contributed by atoms with Crippen molar-refractivity contribution in [1.29, 1.82) is 0 Å². The largest absolute Gasteiger partial charge is 0.444 e. The van der Waals surface area contributed by atoms with E-state index in [1.165, 1.54) is 11.3 Å². The Bertz CT molecular complexity index is 604. The van der Waals surface area contributed by atoms with Crippen LogP contribution in [0.2, 0.25) is 0 Å². The fourth-order valence-electron chi connectivity index (χ4n) is 3.51. The lowest BCUT2D eigenvalue weighted by Crippen LogP contribution is -2.64.